The molecule has 4 rings (SSSR count). The van der Waals surface area contributed by atoms with Crippen LogP contribution in [0.1, 0.15) is 42.6 Å². The Morgan fingerprint density at radius 2 is 1.77 bits per heavy atom. The van der Waals surface area contributed by atoms with E-state index in [9.17, 15) is 18.0 Å². The zero-order valence-corrected chi connectivity index (χ0v) is 16.7. The summed E-state index contributed by atoms with van der Waals surface area (Å²) >= 11 is 0. The normalized spacial score (nSPS) is 12.6. The highest BCUT2D eigenvalue weighted by atomic mass is 19.4. The smallest absolute Gasteiger partial charge is 0.313 e. The minimum Gasteiger partial charge on any atom is -0.313 e. The molecular formula is C20H19F3N6O. The molecule has 4 aromatic rings. The van der Waals surface area contributed by atoms with E-state index in [0.29, 0.717) is 10.0 Å². The number of benzene rings is 1. The first-order chi connectivity index (χ1) is 13.9. The molecule has 0 aliphatic carbocycles. The maximum Gasteiger partial charge on any atom is 0.433 e. The number of rotatable bonds is 2. The zero-order chi connectivity index (χ0) is 21.8. The molecule has 1 aromatic carbocycles. The van der Waals surface area contributed by atoms with E-state index in [1.807, 2.05) is 18.2 Å². The Kier molecular flexibility index (Phi) is 4.33. The number of aryl methyl sites for hydroxylation is 1. The van der Waals surface area contributed by atoms with Crippen LogP contribution in [0.4, 0.5) is 19.1 Å². The highest BCUT2D eigenvalue weighted by Crippen LogP contribution is 2.32. The van der Waals surface area contributed by atoms with Crippen molar-refractivity contribution in [3.05, 3.63) is 53.5 Å². The number of hydrogen-bond acceptors (Lipinski definition) is 4. The van der Waals surface area contributed by atoms with E-state index in [4.69, 9.17) is 0 Å². The Labute approximate surface area is 169 Å². The number of alkyl halides is 3. The standard InChI is InChI=1S/C20H19F3N6O/c1-19(2,3)14-10-15(20(21,22)23)29-16(25-14)9-12(27-29)17(30)26-18-24-11-7-5-6-8-13(11)28(18)4/h5-10H,1-4H3,(H,24,26,30). The van der Waals surface area contributed by atoms with Crippen LogP contribution in [-0.4, -0.2) is 30.1 Å². The van der Waals surface area contributed by atoms with Gasteiger partial charge in [-0.3, -0.25) is 10.1 Å². The van der Waals surface area contributed by atoms with Gasteiger partial charge >= 0.3 is 6.18 Å². The van der Waals surface area contributed by atoms with Crippen LogP contribution in [0.5, 0.6) is 0 Å². The molecule has 1 amide bonds. The SMILES string of the molecule is Cn1c(NC(=O)c2cc3nc(C(C)(C)C)cc(C(F)(F)F)n3n2)nc2ccccc21. The van der Waals surface area contributed by atoms with E-state index in [1.165, 1.54) is 6.07 Å². The highest BCUT2D eigenvalue weighted by Gasteiger charge is 2.36. The lowest BCUT2D eigenvalue weighted by molar-refractivity contribution is -0.142. The van der Waals surface area contributed by atoms with Crippen LogP contribution in [0, 0.1) is 0 Å². The van der Waals surface area contributed by atoms with Gasteiger partial charge in [-0.05, 0) is 18.2 Å². The summed E-state index contributed by atoms with van der Waals surface area (Å²) in [4.78, 5) is 21.3. The number of anilines is 1. The van der Waals surface area contributed by atoms with Crippen LogP contribution in [0.15, 0.2) is 36.4 Å². The Balaban J connectivity index is 1.77. The minimum atomic E-state index is -4.65. The highest BCUT2D eigenvalue weighted by molar-refractivity contribution is 6.03. The number of aromatic nitrogens is 5. The van der Waals surface area contributed by atoms with Gasteiger partial charge in [0.2, 0.25) is 5.95 Å². The van der Waals surface area contributed by atoms with Crippen molar-refractivity contribution in [2.24, 2.45) is 7.05 Å². The number of nitrogens with zero attached hydrogens (tertiary/aromatic N) is 5. The fraction of sp³-hybridized carbons (Fsp3) is 0.300. The van der Waals surface area contributed by atoms with Crippen LogP contribution >= 0.6 is 0 Å². The van der Waals surface area contributed by atoms with Gasteiger partial charge in [0.1, 0.15) is 5.69 Å². The molecule has 0 atom stereocenters. The third-order valence-corrected chi connectivity index (χ3v) is 4.73. The second-order valence-electron chi connectivity index (χ2n) is 8.01. The number of imidazole rings is 1. The van der Waals surface area contributed by atoms with Crippen LogP contribution in [0.3, 0.4) is 0 Å². The lowest BCUT2D eigenvalue weighted by atomic mass is 9.91. The number of carbonyl (C=O) groups is 1. The van der Waals surface area contributed by atoms with E-state index < -0.39 is 23.2 Å². The fourth-order valence-corrected chi connectivity index (χ4v) is 3.09. The largest absolute Gasteiger partial charge is 0.433 e. The summed E-state index contributed by atoms with van der Waals surface area (Å²) in [6, 6.07) is 9.50. The topological polar surface area (TPSA) is 77.1 Å². The van der Waals surface area contributed by atoms with Crippen molar-refractivity contribution in [3.63, 3.8) is 0 Å². The Morgan fingerprint density at radius 1 is 1.07 bits per heavy atom. The number of hydrogen-bond donors (Lipinski definition) is 1. The zero-order valence-electron chi connectivity index (χ0n) is 16.7. The number of nitrogens with one attached hydrogen (secondary N) is 1. The Hall–Kier alpha value is -3.43. The Bertz CT molecular complexity index is 1280. The van der Waals surface area contributed by atoms with Gasteiger partial charge in [-0.2, -0.15) is 18.3 Å². The van der Waals surface area contributed by atoms with E-state index in [-0.39, 0.29) is 23.0 Å². The summed E-state index contributed by atoms with van der Waals surface area (Å²) < 4.78 is 43.2. The predicted octanol–water partition coefficient (Wildman–Crippen LogP) is 4.18. The van der Waals surface area contributed by atoms with E-state index in [1.54, 1.807) is 38.5 Å². The third kappa shape index (κ3) is 3.38. The average molecular weight is 416 g/mol. The van der Waals surface area contributed by atoms with Gasteiger partial charge in [0.25, 0.3) is 5.91 Å². The molecule has 30 heavy (non-hydrogen) atoms. The molecule has 3 heterocycles. The van der Waals surface area contributed by atoms with Crippen molar-refractivity contribution < 1.29 is 18.0 Å². The molecule has 0 aliphatic heterocycles. The maximum atomic E-state index is 13.6. The predicted molar refractivity (Wildman–Crippen MR) is 105 cm³/mol. The Morgan fingerprint density at radius 3 is 2.40 bits per heavy atom. The van der Waals surface area contributed by atoms with Crippen LogP contribution in [0.25, 0.3) is 16.7 Å². The fourth-order valence-electron chi connectivity index (χ4n) is 3.09. The van der Waals surface area contributed by atoms with E-state index in [0.717, 1.165) is 11.6 Å². The van der Waals surface area contributed by atoms with Crippen LogP contribution < -0.4 is 5.32 Å². The van der Waals surface area contributed by atoms with Crippen LogP contribution in [0.2, 0.25) is 0 Å². The van der Waals surface area contributed by atoms with Crippen LogP contribution in [-0.2, 0) is 18.6 Å². The molecular weight excluding hydrogens is 397 g/mol. The third-order valence-electron chi connectivity index (χ3n) is 4.73. The summed E-state index contributed by atoms with van der Waals surface area (Å²) in [5.74, 6) is -0.415. The molecule has 3 aromatic heterocycles. The molecule has 0 aliphatic rings. The monoisotopic (exact) mass is 416 g/mol. The van der Waals surface area contributed by atoms with Gasteiger partial charge in [0.05, 0.1) is 16.7 Å². The minimum absolute atomic E-state index is 0.0510. The molecule has 0 unspecified atom stereocenters. The summed E-state index contributed by atoms with van der Waals surface area (Å²) in [5.41, 5.74) is -0.0961. The van der Waals surface area contributed by atoms with E-state index in [2.05, 4.69) is 20.4 Å². The van der Waals surface area contributed by atoms with Crippen molar-refractivity contribution in [3.8, 4) is 0 Å². The summed E-state index contributed by atoms with van der Waals surface area (Å²) in [7, 11) is 1.73. The molecule has 156 valence electrons. The van der Waals surface area contributed by atoms with Crippen molar-refractivity contribution in [1.82, 2.24) is 24.1 Å². The molecule has 7 nitrogen and oxygen atoms in total. The van der Waals surface area contributed by atoms with Gasteiger partial charge < -0.3 is 4.57 Å². The van der Waals surface area contributed by atoms with Crippen molar-refractivity contribution in [2.75, 3.05) is 5.32 Å². The van der Waals surface area contributed by atoms with Crippen molar-refractivity contribution in [2.45, 2.75) is 32.4 Å². The van der Waals surface area contributed by atoms with Gasteiger partial charge in [-0.1, -0.05) is 32.9 Å². The number of carbonyl (C=O) groups excluding carboxylic acids is 1. The first-order valence-electron chi connectivity index (χ1n) is 9.16. The second kappa shape index (κ2) is 6.54. The molecule has 0 saturated heterocycles. The number of para-hydroxylation sites is 2. The van der Waals surface area contributed by atoms with Gasteiger partial charge in [0.15, 0.2) is 11.3 Å². The molecule has 0 fully saturated rings. The molecule has 0 saturated carbocycles. The molecule has 1 N–H and O–H groups in total. The summed E-state index contributed by atoms with van der Waals surface area (Å²) in [6.07, 6.45) is -4.65. The van der Waals surface area contributed by atoms with Gasteiger partial charge in [-0.25, -0.2) is 14.5 Å². The quantitative estimate of drug-likeness (QED) is 0.532. The molecule has 0 spiro atoms. The van der Waals surface area contributed by atoms with E-state index >= 15 is 0 Å². The van der Waals surface area contributed by atoms with Crippen molar-refractivity contribution >= 4 is 28.5 Å². The summed E-state index contributed by atoms with van der Waals surface area (Å²) in [6.45, 7) is 5.30. The average Bonchev–Trinajstić information content (AvgIpc) is 3.21. The number of fused-ring (bicyclic) bond motifs is 2. The second-order valence-corrected chi connectivity index (χ2v) is 8.01. The first-order valence-corrected chi connectivity index (χ1v) is 9.16. The van der Waals surface area contributed by atoms with Gasteiger partial charge in [0, 0.05) is 18.5 Å². The molecule has 0 radical (unpaired) electrons. The first kappa shape index (κ1) is 19.9. The summed E-state index contributed by atoms with van der Waals surface area (Å²) in [5, 5.41) is 6.48. The lowest BCUT2D eigenvalue weighted by Crippen LogP contribution is -2.20. The maximum absolute atomic E-state index is 13.6. The lowest BCUT2D eigenvalue weighted by Gasteiger charge is -2.19. The van der Waals surface area contributed by atoms with Gasteiger partial charge in [-0.15, -0.1) is 0 Å². The van der Waals surface area contributed by atoms with Crippen molar-refractivity contribution in [1.29, 1.82) is 0 Å². The molecule has 0 bridgehead atoms. The molecule has 10 heteroatoms. The number of amides is 1. The number of halogens is 3.